The Labute approximate surface area is 250 Å². The van der Waals surface area contributed by atoms with E-state index >= 15 is 4.39 Å². The molecule has 0 amide bonds. The molecule has 3 aliphatic rings. The highest BCUT2D eigenvalue weighted by Crippen LogP contribution is 2.66. The van der Waals surface area contributed by atoms with Crippen LogP contribution in [-0.2, 0) is 0 Å². The van der Waals surface area contributed by atoms with Gasteiger partial charge in [0.25, 0.3) is 0 Å². The predicted octanol–water partition coefficient (Wildman–Crippen LogP) is 10.3. The molecule has 42 heavy (non-hydrogen) atoms. The molecule has 4 rings (SSSR count). The minimum atomic E-state index is -5.47. The number of aliphatic hydroxyl groups excluding tert-OH is 1. The molecule has 0 aromatic heterocycles. The largest absolute Gasteiger partial charge is 0.508 e. The first-order chi connectivity index (χ1) is 19.8. The minimum Gasteiger partial charge on any atom is -0.508 e. The predicted molar refractivity (Wildman–Crippen MR) is 157 cm³/mol. The molecular formula is C33H46F6O2S. The van der Waals surface area contributed by atoms with Crippen molar-refractivity contribution in [2.45, 2.75) is 121 Å². The Morgan fingerprint density at radius 3 is 2.29 bits per heavy atom. The fourth-order valence-corrected chi connectivity index (χ4v) is 9.05. The molecule has 0 spiro atoms. The van der Waals surface area contributed by atoms with Crippen molar-refractivity contribution in [1.29, 1.82) is 0 Å². The topological polar surface area (TPSA) is 40.5 Å². The second-order valence-electron chi connectivity index (χ2n) is 13.1. The summed E-state index contributed by atoms with van der Waals surface area (Å²) in [5.74, 6) is -3.02. The molecule has 7 atom stereocenters. The van der Waals surface area contributed by atoms with Crippen molar-refractivity contribution < 1.29 is 36.6 Å². The number of hydrogen-bond acceptors (Lipinski definition) is 3. The zero-order valence-electron chi connectivity index (χ0n) is 24.6. The summed E-state index contributed by atoms with van der Waals surface area (Å²) in [6, 6.07) is 5.17. The summed E-state index contributed by atoms with van der Waals surface area (Å²) in [7, 11) is 0. The van der Waals surface area contributed by atoms with Gasteiger partial charge in [-0.05, 0) is 108 Å². The van der Waals surface area contributed by atoms with Crippen LogP contribution in [-0.4, -0.2) is 39.9 Å². The van der Waals surface area contributed by atoms with Gasteiger partial charge >= 0.3 is 12.1 Å². The number of fused-ring (bicyclic) bond motifs is 5. The number of aromatic hydroxyl groups is 1. The van der Waals surface area contributed by atoms with Crippen LogP contribution in [0.1, 0.15) is 114 Å². The van der Waals surface area contributed by atoms with Crippen molar-refractivity contribution >= 4 is 11.8 Å². The standard InChI is InChI=1S/C33H46F6O2S/c1-21-28(41)20-27-29-24(14-16-31(21,27)2)23-13-12-22(40)19-26(23)30(34)25(29)11-8-6-4-3-5-7-9-17-42-18-10-15-32(35,36)33(37,38)39/h12-13,19,24-25,27-30,40-41H,1,3-11,14-18,20H2,2H3/t24-,25+,27+,28-,29+,30-,31-/m1/s1. The maximum Gasteiger partial charge on any atom is 0.453 e. The van der Waals surface area contributed by atoms with Crippen LogP contribution in [0.3, 0.4) is 0 Å². The molecule has 0 bridgehead atoms. The lowest BCUT2D eigenvalue weighted by Crippen LogP contribution is -2.45. The average molecular weight is 621 g/mol. The van der Waals surface area contributed by atoms with Crippen molar-refractivity contribution in [3.8, 4) is 5.75 Å². The van der Waals surface area contributed by atoms with E-state index in [4.69, 9.17) is 0 Å². The normalized spacial score (nSPS) is 31.1. The Kier molecular flexibility index (Phi) is 11.0. The van der Waals surface area contributed by atoms with Crippen molar-refractivity contribution in [2.24, 2.45) is 23.2 Å². The Bertz CT molecular complexity index is 1060. The fraction of sp³-hybridized carbons (Fsp3) is 0.758. The molecule has 1 aromatic rings. The van der Waals surface area contributed by atoms with Gasteiger partial charge in [-0.3, -0.25) is 0 Å². The molecule has 0 radical (unpaired) electrons. The monoisotopic (exact) mass is 620 g/mol. The number of alkyl halides is 6. The van der Waals surface area contributed by atoms with Crippen LogP contribution in [0.4, 0.5) is 26.3 Å². The summed E-state index contributed by atoms with van der Waals surface area (Å²) < 4.78 is 78.7. The Hall–Kier alpha value is -1.35. The summed E-state index contributed by atoms with van der Waals surface area (Å²) >= 11 is 1.43. The lowest BCUT2D eigenvalue weighted by atomic mass is 9.51. The first-order valence-corrected chi connectivity index (χ1v) is 16.8. The maximum absolute atomic E-state index is 16.2. The number of phenols is 1. The highest BCUT2D eigenvalue weighted by atomic mass is 32.2. The van der Waals surface area contributed by atoms with Crippen LogP contribution in [0, 0.1) is 23.2 Å². The van der Waals surface area contributed by atoms with Crippen molar-refractivity contribution in [3.05, 3.63) is 41.5 Å². The highest BCUT2D eigenvalue weighted by molar-refractivity contribution is 7.99. The maximum atomic E-state index is 16.2. The van der Waals surface area contributed by atoms with E-state index in [1.54, 1.807) is 12.1 Å². The number of phenolic OH excluding ortho intramolecular Hbond substituents is 1. The minimum absolute atomic E-state index is 0.0975. The summed E-state index contributed by atoms with van der Waals surface area (Å²) in [6.45, 7) is 6.44. The van der Waals surface area contributed by atoms with Crippen molar-refractivity contribution in [3.63, 3.8) is 0 Å². The summed E-state index contributed by atoms with van der Waals surface area (Å²) in [5, 5.41) is 20.8. The molecule has 0 aliphatic heterocycles. The number of aliphatic hydroxyl groups is 1. The van der Waals surface area contributed by atoms with Crippen LogP contribution in [0.15, 0.2) is 30.4 Å². The van der Waals surface area contributed by atoms with E-state index in [1.165, 1.54) is 11.8 Å². The zero-order chi connectivity index (χ0) is 30.7. The van der Waals surface area contributed by atoms with Crippen LogP contribution in [0.2, 0.25) is 0 Å². The van der Waals surface area contributed by atoms with Gasteiger partial charge in [-0.1, -0.05) is 58.1 Å². The van der Waals surface area contributed by atoms with Crippen LogP contribution < -0.4 is 0 Å². The van der Waals surface area contributed by atoms with Gasteiger partial charge in [-0.15, -0.1) is 0 Å². The molecule has 2 nitrogen and oxygen atoms in total. The van der Waals surface area contributed by atoms with Gasteiger partial charge in [0.1, 0.15) is 11.9 Å². The molecule has 238 valence electrons. The highest BCUT2D eigenvalue weighted by Gasteiger charge is 2.59. The van der Waals surface area contributed by atoms with E-state index in [0.29, 0.717) is 17.7 Å². The zero-order valence-corrected chi connectivity index (χ0v) is 25.4. The van der Waals surface area contributed by atoms with E-state index in [0.717, 1.165) is 81.1 Å². The van der Waals surface area contributed by atoms with Crippen molar-refractivity contribution in [2.75, 3.05) is 11.5 Å². The molecule has 2 N–H and O–H groups in total. The first-order valence-electron chi connectivity index (χ1n) is 15.6. The lowest BCUT2D eigenvalue weighted by Gasteiger charge is -2.53. The number of rotatable bonds is 14. The number of halogens is 6. The average Bonchev–Trinajstić information content (AvgIpc) is 3.16. The van der Waals surface area contributed by atoms with E-state index in [-0.39, 0.29) is 41.3 Å². The van der Waals surface area contributed by atoms with E-state index in [2.05, 4.69) is 13.5 Å². The summed E-state index contributed by atoms with van der Waals surface area (Å²) in [5.41, 5.74) is 2.39. The Morgan fingerprint density at radius 2 is 1.60 bits per heavy atom. The van der Waals surface area contributed by atoms with Crippen LogP contribution >= 0.6 is 11.8 Å². The molecule has 9 heteroatoms. The van der Waals surface area contributed by atoms with E-state index < -0.39 is 30.8 Å². The third kappa shape index (κ3) is 7.13. The Balaban J connectivity index is 1.19. The van der Waals surface area contributed by atoms with Gasteiger partial charge in [0.15, 0.2) is 0 Å². The molecule has 0 saturated heterocycles. The summed E-state index contributed by atoms with van der Waals surface area (Å²) in [4.78, 5) is 0. The Morgan fingerprint density at radius 1 is 0.952 bits per heavy atom. The lowest BCUT2D eigenvalue weighted by molar-refractivity contribution is -0.284. The van der Waals surface area contributed by atoms with Gasteiger partial charge in [0, 0.05) is 6.42 Å². The molecule has 0 unspecified atom stereocenters. The van der Waals surface area contributed by atoms with Crippen molar-refractivity contribution in [1.82, 2.24) is 0 Å². The third-order valence-corrected chi connectivity index (χ3v) is 11.6. The van der Waals surface area contributed by atoms with Gasteiger partial charge < -0.3 is 10.2 Å². The van der Waals surface area contributed by atoms with Gasteiger partial charge in [0.05, 0.1) is 6.10 Å². The third-order valence-electron chi connectivity index (χ3n) is 10.5. The first kappa shape index (κ1) is 33.5. The summed E-state index contributed by atoms with van der Waals surface area (Å²) in [6.07, 6.45) is 1.84. The van der Waals surface area contributed by atoms with E-state index in [9.17, 15) is 32.2 Å². The fourth-order valence-electron chi connectivity index (χ4n) is 8.09. The number of hydrogen-bond donors (Lipinski definition) is 2. The van der Waals surface area contributed by atoms with Crippen LogP contribution in [0.25, 0.3) is 0 Å². The second kappa shape index (κ2) is 13.7. The van der Waals surface area contributed by atoms with Gasteiger partial charge in [0.2, 0.25) is 0 Å². The smallest absolute Gasteiger partial charge is 0.453 e. The second-order valence-corrected chi connectivity index (χ2v) is 14.3. The molecule has 2 fully saturated rings. The van der Waals surface area contributed by atoms with Crippen LogP contribution in [0.5, 0.6) is 5.75 Å². The molecule has 3 aliphatic carbocycles. The quantitative estimate of drug-likeness (QED) is 0.124. The van der Waals surface area contributed by atoms with Gasteiger partial charge in [-0.25, -0.2) is 4.39 Å². The number of unbranched alkanes of at least 4 members (excludes halogenated alkanes) is 6. The molecule has 1 aromatic carbocycles. The number of benzene rings is 1. The molecule has 0 heterocycles. The SMILES string of the molecule is C=C1[C@H](O)C[C@H]2[C@@H]3[C@H](CCCCCCCCCSCCCC(F)(F)C(F)(F)F)[C@@H](F)c4cc(O)ccc4[C@H]3CC[C@]12C. The number of thioether (sulfide) groups is 1. The van der Waals surface area contributed by atoms with E-state index in [1.807, 2.05) is 6.07 Å². The van der Waals surface area contributed by atoms with Gasteiger partial charge in [-0.2, -0.15) is 33.7 Å². The molecule has 2 saturated carbocycles. The molecular weight excluding hydrogens is 574 g/mol.